The van der Waals surface area contributed by atoms with Gasteiger partial charge in [-0.3, -0.25) is 4.79 Å². The Kier molecular flexibility index (Phi) is 6.13. The largest absolute Gasteiger partial charge is 0.462 e. The van der Waals surface area contributed by atoms with Crippen molar-refractivity contribution >= 4 is 11.9 Å². The summed E-state index contributed by atoms with van der Waals surface area (Å²) in [6.45, 7) is 0.508. The number of hydrogen-bond acceptors (Lipinski definition) is 6. The number of halogens is 8. The predicted molar refractivity (Wildman–Crippen MR) is 71.7 cm³/mol. The monoisotopic (exact) mass is 430 g/mol. The molecule has 1 aliphatic rings. The Bertz CT molecular complexity index is 657. The Hall–Kier alpha value is -1.96. The standard InChI is InChI=1S/C14H14F8O6/c1-6(11(15,16)17)9(24)26-4-8-5-27-13(25,14(20,21)22)12(18,19)10(8,3)28-7(2)23/h8,25H,1,4-5H2,2-3H3. The van der Waals surface area contributed by atoms with Gasteiger partial charge in [0, 0.05) is 6.92 Å². The maximum Gasteiger partial charge on any atom is 0.449 e. The molecular formula is C14H14F8O6. The quantitative estimate of drug-likeness (QED) is 0.420. The van der Waals surface area contributed by atoms with Crippen LogP contribution >= 0.6 is 0 Å². The van der Waals surface area contributed by atoms with E-state index in [1.807, 2.05) is 0 Å². The molecule has 1 fully saturated rings. The Labute approximate surface area is 152 Å². The maximum atomic E-state index is 14.6. The number of esters is 2. The molecule has 0 aromatic carbocycles. The number of ether oxygens (including phenoxy) is 3. The zero-order chi connectivity index (χ0) is 22.3. The van der Waals surface area contributed by atoms with Crippen molar-refractivity contribution in [2.24, 2.45) is 5.92 Å². The van der Waals surface area contributed by atoms with Crippen LogP contribution in [0.2, 0.25) is 0 Å². The first-order valence-electron chi connectivity index (χ1n) is 7.25. The summed E-state index contributed by atoms with van der Waals surface area (Å²) in [6, 6.07) is 0. The van der Waals surface area contributed by atoms with E-state index in [-0.39, 0.29) is 0 Å². The Morgan fingerprint density at radius 3 is 2.11 bits per heavy atom. The summed E-state index contributed by atoms with van der Waals surface area (Å²) in [5, 5.41) is 9.42. The summed E-state index contributed by atoms with van der Waals surface area (Å²) >= 11 is 0. The first-order chi connectivity index (χ1) is 12.3. The van der Waals surface area contributed by atoms with Crippen LogP contribution in [-0.4, -0.2) is 59.9 Å². The highest BCUT2D eigenvalue weighted by Crippen LogP contribution is 2.55. The molecule has 28 heavy (non-hydrogen) atoms. The van der Waals surface area contributed by atoms with Crippen molar-refractivity contribution in [1.82, 2.24) is 0 Å². The number of aliphatic hydroxyl groups is 1. The molecule has 1 rings (SSSR count). The van der Waals surface area contributed by atoms with Crippen LogP contribution in [0.25, 0.3) is 0 Å². The van der Waals surface area contributed by atoms with Crippen molar-refractivity contribution in [3.8, 4) is 0 Å². The van der Waals surface area contributed by atoms with E-state index in [9.17, 15) is 49.8 Å². The Morgan fingerprint density at radius 2 is 1.71 bits per heavy atom. The van der Waals surface area contributed by atoms with Crippen molar-refractivity contribution in [3.05, 3.63) is 12.2 Å². The molecule has 3 atom stereocenters. The molecule has 0 radical (unpaired) electrons. The van der Waals surface area contributed by atoms with Crippen molar-refractivity contribution < 1.29 is 64.0 Å². The summed E-state index contributed by atoms with van der Waals surface area (Å²) in [7, 11) is 0. The fourth-order valence-corrected chi connectivity index (χ4v) is 2.36. The number of alkyl halides is 8. The average Bonchev–Trinajstić information content (AvgIpc) is 2.49. The molecular weight excluding hydrogens is 416 g/mol. The second-order valence-corrected chi connectivity index (χ2v) is 6.00. The van der Waals surface area contributed by atoms with Gasteiger partial charge in [0.25, 0.3) is 0 Å². The molecule has 3 unspecified atom stereocenters. The number of rotatable bonds is 4. The summed E-state index contributed by atoms with van der Waals surface area (Å²) in [5.41, 5.74) is -5.46. The van der Waals surface area contributed by atoms with Gasteiger partial charge < -0.3 is 19.3 Å². The Morgan fingerprint density at radius 1 is 1.21 bits per heavy atom. The van der Waals surface area contributed by atoms with Gasteiger partial charge >= 0.3 is 36.0 Å². The molecule has 14 heteroatoms. The Balaban J connectivity index is 3.22. The minimum atomic E-state index is -6.04. The highest BCUT2D eigenvalue weighted by molar-refractivity contribution is 5.89. The maximum absolute atomic E-state index is 14.6. The van der Waals surface area contributed by atoms with Crippen LogP contribution in [0.4, 0.5) is 35.1 Å². The summed E-state index contributed by atoms with van der Waals surface area (Å²) in [4.78, 5) is 22.5. The van der Waals surface area contributed by atoms with Gasteiger partial charge in [0.2, 0.25) is 0 Å². The second-order valence-electron chi connectivity index (χ2n) is 6.00. The first kappa shape index (κ1) is 24.1. The molecule has 6 nitrogen and oxygen atoms in total. The molecule has 0 spiro atoms. The molecule has 1 aliphatic heterocycles. The van der Waals surface area contributed by atoms with Crippen LogP contribution < -0.4 is 0 Å². The topological polar surface area (TPSA) is 82.1 Å². The van der Waals surface area contributed by atoms with E-state index in [1.54, 1.807) is 0 Å². The third-order valence-corrected chi connectivity index (χ3v) is 4.07. The number of hydrogen-bond donors (Lipinski definition) is 1. The highest BCUT2D eigenvalue weighted by atomic mass is 19.4. The van der Waals surface area contributed by atoms with Gasteiger partial charge in [-0.1, -0.05) is 6.58 Å². The number of carbonyl (C=O) groups excluding carboxylic acids is 2. The smallest absolute Gasteiger partial charge is 0.449 e. The van der Waals surface area contributed by atoms with E-state index in [2.05, 4.69) is 20.8 Å². The summed E-state index contributed by atoms with van der Waals surface area (Å²) in [5.74, 6) is -16.1. The summed E-state index contributed by atoms with van der Waals surface area (Å²) in [6.07, 6.45) is -11.2. The molecule has 0 aliphatic carbocycles. The van der Waals surface area contributed by atoms with Crippen LogP contribution in [0.5, 0.6) is 0 Å². The number of carbonyl (C=O) groups is 2. The lowest BCUT2D eigenvalue weighted by atomic mass is 9.77. The van der Waals surface area contributed by atoms with Crippen molar-refractivity contribution in [2.75, 3.05) is 13.2 Å². The van der Waals surface area contributed by atoms with Gasteiger partial charge in [0.1, 0.15) is 12.2 Å². The van der Waals surface area contributed by atoms with E-state index in [4.69, 9.17) is 0 Å². The molecule has 0 aromatic rings. The van der Waals surface area contributed by atoms with E-state index >= 15 is 0 Å². The predicted octanol–water partition coefficient (Wildman–Crippen LogP) is 2.50. The van der Waals surface area contributed by atoms with Crippen molar-refractivity contribution in [2.45, 2.75) is 43.5 Å². The lowest BCUT2D eigenvalue weighted by Gasteiger charge is -2.52. The molecule has 0 saturated carbocycles. The van der Waals surface area contributed by atoms with Gasteiger partial charge in [0.05, 0.1) is 12.5 Å². The molecule has 162 valence electrons. The average molecular weight is 430 g/mol. The van der Waals surface area contributed by atoms with Crippen LogP contribution in [-0.2, 0) is 23.8 Å². The molecule has 0 aromatic heterocycles. The van der Waals surface area contributed by atoms with E-state index in [0.717, 1.165) is 0 Å². The normalized spacial score (nSPS) is 30.5. The van der Waals surface area contributed by atoms with Crippen molar-refractivity contribution in [1.29, 1.82) is 0 Å². The third kappa shape index (κ3) is 3.92. The van der Waals surface area contributed by atoms with Crippen LogP contribution in [0.3, 0.4) is 0 Å². The lowest BCUT2D eigenvalue weighted by molar-refractivity contribution is -0.478. The van der Waals surface area contributed by atoms with Gasteiger partial charge in [-0.25, -0.2) is 4.79 Å². The SMILES string of the molecule is C=C(C(=O)OCC1COC(O)(C(F)(F)F)C(F)(F)C1(C)OC(C)=O)C(F)(F)F. The molecule has 0 amide bonds. The van der Waals surface area contributed by atoms with Crippen LogP contribution in [0.1, 0.15) is 13.8 Å². The first-order valence-corrected chi connectivity index (χ1v) is 7.25. The van der Waals surface area contributed by atoms with Gasteiger partial charge in [0.15, 0.2) is 5.60 Å². The lowest BCUT2D eigenvalue weighted by Crippen LogP contribution is -2.76. The van der Waals surface area contributed by atoms with Gasteiger partial charge in [-0.2, -0.15) is 35.1 Å². The van der Waals surface area contributed by atoms with Crippen LogP contribution in [0.15, 0.2) is 12.2 Å². The third-order valence-electron chi connectivity index (χ3n) is 4.07. The minimum Gasteiger partial charge on any atom is -0.462 e. The minimum absolute atomic E-state index is 0.296. The summed E-state index contributed by atoms with van der Waals surface area (Å²) < 4.78 is 117. The molecule has 1 heterocycles. The van der Waals surface area contributed by atoms with Crippen molar-refractivity contribution in [3.63, 3.8) is 0 Å². The zero-order valence-corrected chi connectivity index (χ0v) is 14.2. The van der Waals surface area contributed by atoms with Crippen LogP contribution in [0, 0.1) is 5.92 Å². The zero-order valence-electron chi connectivity index (χ0n) is 14.2. The van der Waals surface area contributed by atoms with E-state index in [0.29, 0.717) is 13.8 Å². The fraction of sp³-hybridized carbons (Fsp3) is 0.714. The highest BCUT2D eigenvalue weighted by Gasteiger charge is 2.81. The second kappa shape index (κ2) is 7.13. The van der Waals surface area contributed by atoms with Gasteiger partial charge in [-0.15, -0.1) is 0 Å². The molecule has 0 bridgehead atoms. The molecule has 1 saturated heterocycles. The van der Waals surface area contributed by atoms with Gasteiger partial charge in [-0.05, 0) is 6.92 Å². The van der Waals surface area contributed by atoms with E-state index in [1.165, 1.54) is 0 Å². The fourth-order valence-electron chi connectivity index (χ4n) is 2.36. The van der Waals surface area contributed by atoms with E-state index < -0.39 is 66.3 Å². The molecule has 1 N–H and O–H groups in total.